The molecule has 0 radical (unpaired) electrons. The van der Waals surface area contributed by atoms with Crippen molar-refractivity contribution in [3.8, 4) is 0 Å². The number of hydrogen-bond donors (Lipinski definition) is 2. The highest BCUT2D eigenvalue weighted by atomic mass is 16.4. The normalized spacial score (nSPS) is 17.4. The molecular weight excluding hydrogens is 266 g/mol. The molecule has 1 saturated carbocycles. The quantitative estimate of drug-likeness (QED) is 0.878. The van der Waals surface area contributed by atoms with Crippen LogP contribution in [0.1, 0.15) is 48.7 Å². The van der Waals surface area contributed by atoms with Crippen molar-refractivity contribution in [2.24, 2.45) is 5.92 Å². The van der Waals surface area contributed by atoms with Gasteiger partial charge in [-0.2, -0.15) is 0 Å². The van der Waals surface area contributed by atoms with Crippen LogP contribution in [0, 0.1) is 5.92 Å². The number of aromatic carboxylic acids is 1. The van der Waals surface area contributed by atoms with Gasteiger partial charge in [0, 0.05) is 11.4 Å². The monoisotopic (exact) mass is 287 g/mol. The van der Waals surface area contributed by atoms with E-state index in [0.717, 1.165) is 0 Å². The van der Waals surface area contributed by atoms with E-state index in [1.54, 1.807) is 6.07 Å². The maximum absolute atomic E-state index is 11.5. The molecule has 4 nitrogen and oxygen atoms in total. The van der Waals surface area contributed by atoms with E-state index in [1.165, 1.54) is 25.7 Å². The lowest BCUT2D eigenvalue weighted by Gasteiger charge is -2.19. The average Bonchev–Trinajstić information content (AvgIpc) is 3.11. The fourth-order valence-corrected chi connectivity index (χ4v) is 3.33. The Hall–Kier alpha value is -1.81. The highest BCUT2D eigenvalue weighted by Crippen LogP contribution is 2.29. The topological polar surface area (TPSA) is 62.5 Å². The van der Waals surface area contributed by atoms with Gasteiger partial charge in [-0.1, -0.05) is 31.0 Å². The van der Waals surface area contributed by atoms with Crippen molar-refractivity contribution in [3.05, 3.63) is 35.6 Å². The Bertz CT molecular complexity index is 641. The molecule has 1 aliphatic rings. The summed E-state index contributed by atoms with van der Waals surface area (Å²) in [6.45, 7) is 2.65. The molecular formula is C17H21NO3. The molecule has 1 aliphatic carbocycles. The number of para-hydroxylation sites is 1. The minimum atomic E-state index is -0.926. The third-order valence-corrected chi connectivity index (χ3v) is 4.57. The van der Waals surface area contributed by atoms with Gasteiger partial charge in [0.25, 0.3) is 0 Å². The largest absolute Gasteiger partial charge is 0.478 e. The van der Waals surface area contributed by atoms with Crippen LogP contribution < -0.4 is 5.32 Å². The average molecular weight is 287 g/mol. The number of carboxylic acid groups (broad SMARTS) is 1. The van der Waals surface area contributed by atoms with E-state index in [-0.39, 0.29) is 5.56 Å². The Morgan fingerprint density at radius 2 is 2.10 bits per heavy atom. The zero-order valence-corrected chi connectivity index (χ0v) is 12.3. The number of carboxylic acids is 1. The molecule has 2 aromatic rings. The Morgan fingerprint density at radius 3 is 2.81 bits per heavy atom. The molecule has 112 valence electrons. The number of carbonyl (C=O) groups is 1. The second-order valence-electron chi connectivity index (χ2n) is 5.92. The fourth-order valence-electron chi connectivity index (χ4n) is 3.33. The summed E-state index contributed by atoms with van der Waals surface area (Å²) in [5.74, 6) is 0.293. The zero-order valence-electron chi connectivity index (χ0n) is 12.3. The summed E-state index contributed by atoms with van der Waals surface area (Å²) < 4.78 is 5.73. The van der Waals surface area contributed by atoms with Crippen molar-refractivity contribution < 1.29 is 14.3 Å². The van der Waals surface area contributed by atoms with Crippen LogP contribution in [0.3, 0.4) is 0 Å². The van der Waals surface area contributed by atoms with Gasteiger partial charge in [0.05, 0.1) is 6.54 Å². The van der Waals surface area contributed by atoms with Gasteiger partial charge in [-0.3, -0.25) is 0 Å². The van der Waals surface area contributed by atoms with E-state index >= 15 is 0 Å². The summed E-state index contributed by atoms with van der Waals surface area (Å²) >= 11 is 0. The molecule has 3 rings (SSSR count). The van der Waals surface area contributed by atoms with Crippen LogP contribution in [0.5, 0.6) is 0 Å². The molecule has 1 atom stereocenters. The number of fused-ring (bicyclic) bond motifs is 1. The lowest BCUT2D eigenvalue weighted by atomic mass is 10.00. The van der Waals surface area contributed by atoms with E-state index in [9.17, 15) is 9.90 Å². The third-order valence-electron chi connectivity index (χ3n) is 4.57. The molecule has 4 heteroatoms. The third kappa shape index (κ3) is 2.81. The number of hydrogen-bond acceptors (Lipinski definition) is 3. The molecule has 0 spiro atoms. The first-order valence-electron chi connectivity index (χ1n) is 7.64. The summed E-state index contributed by atoms with van der Waals surface area (Å²) in [6, 6.07) is 7.69. The van der Waals surface area contributed by atoms with Gasteiger partial charge in [-0.05, 0) is 31.7 Å². The van der Waals surface area contributed by atoms with Crippen molar-refractivity contribution in [2.45, 2.75) is 45.2 Å². The van der Waals surface area contributed by atoms with Crippen LogP contribution in [-0.2, 0) is 6.54 Å². The SMILES string of the molecule is C[C@H](NCc1oc2ccccc2c1C(=O)O)C1CCCC1. The highest BCUT2D eigenvalue weighted by molar-refractivity contribution is 6.03. The summed E-state index contributed by atoms with van der Waals surface area (Å²) in [6.07, 6.45) is 5.14. The van der Waals surface area contributed by atoms with Crippen molar-refractivity contribution >= 4 is 16.9 Å². The molecule has 0 aliphatic heterocycles. The predicted octanol–water partition coefficient (Wildman–Crippen LogP) is 3.80. The van der Waals surface area contributed by atoms with Crippen molar-refractivity contribution in [2.75, 3.05) is 0 Å². The molecule has 21 heavy (non-hydrogen) atoms. The van der Waals surface area contributed by atoms with E-state index in [0.29, 0.717) is 35.2 Å². The molecule has 0 amide bonds. The fraction of sp³-hybridized carbons (Fsp3) is 0.471. The lowest BCUT2D eigenvalue weighted by Crippen LogP contribution is -2.32. The second-order valence-corrected chi connectivity index (χ2v) is 5.92. The van der Waals surface area contributed by atoms with Crippen LogP contribution in [0.15, 0.2) is 28.7 Å². The molecule has 0 saturated heterocycles. The maximum Gasteiger partial charge on any atom is 0.339 e. The highest BCUT2D eigenvalue weighted by Gasteiger charge is 2.23. The van der Waals surface area contributed by atoms with Crippen molar-refractivity contribution in [1.82, 2.24) is 5.32 Å². The molecule has 1 heterocycles. The van der Waals surface area contributed by atoms with Gasteiger partial charge in [0.2, 0.25) is 0 Å². The Balaban J connectivity index is 1.79. The van der Waals surface area contributed by atoms with Crippen LogP contribution in [0.4, 0.5) is 0 Å². The summed E-state index contributed by atoms with van der Waals surface area (Å²) in [5.41, 5.74) is 0.928. The first-order valence-corrected chi connectivity index (χ1v) is 7.64. The van der Waals surface area contributed by atoms with Gasteiger partial charge in [-0.25, -0.2) is 4.79 Å². The predicted molar refractivity (Wildman–Crippen MR) is 81.4 cm³/mol. The van der Waals surface area contributed by atoms with Gasteiger partial charge in [-0.15, -0.1) is 0 Å². The van der Waals surface area contributed by atoms with E-state index in [1.807, 2.05) is 18.2 Å². The molecule has 2 N–H and O–H groups in total. The smallest absolute Gasteiger partial charge is 0.339 e. The summed E-state index contributed by atoms with van der Waals surface area (Å²) in [4.78, 5) is 11.5. The van der Waals surface area contributed by atoms with Gasteiger partial charge in [0.1, 0.15) is 16.9 Å². The Morgan fingerprint density at radius 1 is 1.38 bits per heavy atom. The minimum Gasteiger partial charge on any atom is -0.478 e. The molecule has 1 fully saturated rings. The van der Waals surface area contributed by atoms with Gasteiger partial charge >= 0.3 is 5.97 Å². The molecule has 0 unspecified atom stereocenters. The Labute approximate surface area is 124 Å². The van der Waals surface area contributed by atoms with E-state index in [2.05, 4.69) is 12.2 Å². The second kappa shape index (κ2) is 5.90. The molecule has 1 aromatic heterocycles. The number of rotatable bonds is 5. The first kappa shape index (κ1) is 14.1. The van der Waals surface area contributed by atoms with Crippen LogP contribution in [0.25, 0.3) is 11.0 Å². The van der Waals surface area contributed by atoms with Crippen LogP contribution in [-0.4, -0.2) is 17.1 Å². The van der Waals surface area contributed by atoms with E-state index in [4.69, 9.17) is 4.42 Å². The van der Waals surface area contributed by atoms with E-state index < -0.39 is 5.97 Å². The molecule has 1 aromatic carbocycles. The number of furan rings is 1. The van der Waals surface area contributed by atoms with Gasteiger partial charge in [0.15, 0.2) is 0 Å². The lowest BCUT2D eigenvalue weighted by molar-refractivity contribution is 0.0696. The zero-order chi connectivity index (χ0) is 14.8. The van der Waals surface area contributed by atoms with Gasteiger partial charge < -0.3 is 14.8 Å². The van der Waals surface area contributed by atoms with Crippen LogP contribution in [0.2, 0.25) is 0 Å². The van der Waals surface area contributed by atoms with Crippen molar-refractivity contribution in [1.29, 1.82) is 0 Å². The summed E-state index contributed by atoms with van der Waals surface area (Å²) in [7, 11) is 0. The summed E-state index contributed by atoms with van der Waals surface area (Å²) in [5, 5.41) is 13.6. The number of benzene rings is 1. The first-order chi connectivity index (χ1) is 10.2. The number of nitrogens with one attached hydrogen (secondary N) is 1. The maximum atomic E-state index is 11.5. The standard InChI is InChI=1S/C17H21NO3/c1-11(12-6-2-3-7-12)18-10-15-16(17(19)20)13-8-4-5-9-14(13)21-15/h4-5,8-9,11-12,18H,2-3,6-7,10H2,1H3,(H,19,20)/t11-/m0/s1. The minimum absolute atomic E-state index is 0.289. The Kier molecular flexibility index (Phi) is 3.97. The molecule has 0 bridgehead atoms. The van der Waals surface area contributed by atoms with Crippen LogP contribution >= 0.6 is 0 Å². The van der Waals surface area contributed by atoms with Crippen molar-refractivity contribution in [3.63, 3.8) is 0 Å².